The standard InChI is InChI=1S/C39H34Cl2F3IN4O6/c1-55-29-14-18(13-28(45)32(29)50)31-23-11-12-24-30(36(53)48(34(24)51)22-5-3-2-4-6-22)25(23)16-26-35(52)49(37(54)38(26,31)19-7-9-21(40)10-8-19)47-33-27(41)15-20(17-46-33)39(42,43)44/h7-11,13-15,17,22,24-26,30-31,50H,2-6,12,16H2,1H3,(H,46,47)/t24-,25+,26-,30-,31-,38+/m0/s1. The van der Waals surface area contributed by atoms with Gasteiger partial charge < -0.3 is 9.84 Å². The summed E-state index contributed by atoms with van der Waals surface area (Å²) in [5, 5.41) is 11.6. The summed E-state index contributed by atoms with van der Waals surface area (Å²) in [5.74, 6) is -6.49. The fourth-order valence-electron chi connectivity index (χ4n) is 9.80. The van der Waals surface area contributed by atoms with Gasteiger partial charge in [0.1, 0.15) is 0 Å². The molecule has 55 heavy (non-hydrogen) atoms. The molecule has 0 radical (unpaired) electrons. The van der Waals surface area contributed by atoms with E-state index in [0.29, 0.717) is 37.6 Å². The Hall–Kier alpha value is -3.89. The van der Waals surface area contributed by atoms with Crippen LogP contribution in [-0.2, 0) is 30.8 Å². The van der Waals surface area contributed by atoms with E-state index < -0.39 is 63.6 Å². The molecule has 288 valence electrons. The molecule has 2 N–H and O–H groups in total. The number of nitrogens with one attached hydrogen (secondary N) is 1. The van der Waals surface area contributed by atoms with Crippen LogP contribution < -0.4 is 10.2 Å². The van der Waals surface area contributed by atoms with Gasteiger partial charge in [-0.3, -0.25) is 29.5 Å². The van der Waals surface area contributed by atoms with E-state index in [9.17, 15) is 32.7 Å². The zero-order valence-corrected chi connectivity index (χ0v) is 32.9. The number of nitrogens with zero attached hydrogens (tertiary/aromatic N) is 3. The lowest BCUT2D eigenvalue weighted by Crippen LogP contribution is -2.53. The van der Waals surface area contributed by atoms with Crippen molar-refractivity contribution in [2.24, 2.45) is 23.7 Å². The van der Waals surface area contributed by atoms with Crippen molar-refractivity contribution in [3.63, 3.8) is 0 Å². The summed E-state index contributed by atoms with van der Waals surface area (Å²) < 4.78 is 46.5. The molecule has 2 aromatic carbocycles. The zero-order chi connectivity index (χ0) is 39.1. The van der Waals surface area contributed by atoms with E-state index >= 15 is 4.79 Å². The Morgan fingerprint density at radius 2 is 1.69 bits per heavy atom. The number of rotatable bonds is 6. The van der Waals surface area contributed by atoms with Crippen LogP contribution in [-0.4, -0.2) is 56.8 Å². The number of amides is 4. The number of halogens is 6. The molecule has 3 heterocycles. The van der Waals surface area contributed by atoms with Gasteiger partial charge in [-0.1, -0.05) is 66.2 Å². The first-order valence-electron chi connectivity index (χ1n) is 18.0. The maximum Gasteiger partial charge on any atom is 0.417 e. The molecule has 10 nitrogen and oxygen atoms in total. The Morgan fingerprint density at radius 3 is 2.35 bits per heavy atom. The number of methoxy groups -OCH3 is 1. The number of carbonyl (C=O) groups excluding carboxylic acids is 4. The van der Waals surface area contributed by atoms with E-state index in [1.165, 1.54) is 12.0 Å². The van der Waals surface area contributed by atoms with Crippen LogP contribution in [0.15, 0.2) is 60.3 Å². The molecule has 0 bridgehead atoms. The predicted octanol–water partition coefficient (Wildman–Crippen LogP) is 8.04. The van der Waals surface area contributed by atoms with Crippen molar-refractivity contribution in [3.05, 3.63) is 90.6 Å². The number of carbonyl (C=O) groups is 4. The van der Waals surface area contributed by atoms with Crippen LogP contribution in [0.2, 0.25) is 10.0 Å². The summed E-state index contributed by atoms with van der Waals surface area (Å²) in [6.45, 7) is 0. The van der Waals surface area contributed by atoms with Crippen molar-refractivity contribution >= 4 is 75.2 Å². The van der Waals surface area contributed by atoms with Gasteiger partial charge in [0.25, 0.3) is 11.8 Å². The van der Waals surface area contributed by atoms with Crippen molar-refractivity contribution in [2.75, 3.05) is 12.5 Å². The smallest absolute Gasteiger partial charge is 0.417 e. The average Bonchev–Trinajstić information content (AvgIpc) is 3.54. The van der Waals surface area contributed by atoms with Gasteiger partial charge in [0, 0.05) is 23.2 Å². The maximum absolute atomic E-state index is 15.4. The number of benzene rings is 2. The van der Waals surface area contributed by atoms with Gasteiger partial charge in [0.2, 0.25) is 11.8 Å². The molecular formula is C39H34Cl2F3IN4O6. The number of fused-ring (bicyclic) bond motifs is 4. The average molecular weight is 910 g/mol. The molecule has 4 fully saturated rings. The minimum atomic E-state index is -4.74. The van der Waals surface area contributed by atoms with Crippen molar-refractivity contribution in [1.29, 1.82) is 0 Å². The number of alkyl halides is 3. The van der Waals surface area contributed by atoms with Crippen LogP contribution in [0, 0.1) is 27.2 Å². The summed E-state index contributed by atoms with van der Waals surface area (Å²) in [5.41, 5.74) is 1.42. The second kappa shape index (κ2) is 13.9. The third kappa shape index (κ3) is 5.91. The van der Waals surface area contributed by atoms with Crippen LogP contribution in [0.5, 0.6) is 11.5 Å². The van der Waals surface area contributed by atoms with Gasteiger partial charge in [-0.05, 0) is 95.7 Å². The summed E-state index contributed by atoms with van der Waals surface area (Å²) in [7, 11) is 1.39. The number of allylic oxidation sites excluding steroid dienone is 2. The van der Waals surface area contributed by atoms with Gasteiger partial charge in [0.15, 0.2) is 17.3 Å². The lowest BCUT2D eigenvalue weighted by atomic mass is 9.49. The van der Waals surface area contributed by atoms with Gasteiger partial charge in [-0.2, -0.15) is 18.2 Å². The van der Waals surface area contributed by atoms with Crippen molar-refractivity contribution in [2.45, 2.75) is 68.5 Å². The third-order valence-corrected chi connectivity index (χ3v) is 13.5. The first-order valence-corrected chi connectivity index (χ1v) is 19.8. The number of phenols is 1. The van der Waals surface area contributed by atoms with Gasteiger partial charge >= 0.3 is 6.18 Å². The normalized spacial score (nSPS) is 28.2. The minimum Gasteiger partial charge on any atom is -0.504 e. The number of phenolic OH excluding ortho intramolecular Hbond substituents is 1. The predicted molar refractivity (Wildman–Crippen MR) is 203 cm³/mol. The van der Waals surface area contributed by atoms with Crippen molar-refractivity contribution in [3.8, 4) is 11.5 Å². The van der Waals surface area contributed by atoms with E-state index in [-0.39, 0.29) is 48.0 Å². The molecule has 2 saturated carbocycles. The van der Waals surface area contributed by atoms with Gasteiger partial charge in [0.05, 0.1) is 44.4 Å². The molecule has 1 aromatic heterocycles. The van der Waals surface area contributed by atoms with E-state index in [0.717, 1.165) is 37.1 Å². The van der Waals surface area contributed by atoms with Gasteiger partial charge in [-0.15, -0.1) is 0 Å². The molecule has 16 heteroatoms. The minimum absolute atomic E-state index is 0.00683. The van der Waals surface area contributed by atoms with E-state index in [2.05, 4.69) is 10.4 Å². The molecule has 2 saturated heterocycles. The molecule has 8 rings (SSSR count). The largest absolute Gasteiger partial charge is 0.504 e. The first-order chi connectivity index (χ1) is 26.2. The summed E-state index contributed by atoms with van der Waals surface area (Å²) in [6.07, 6.45) is 2.30. The number of likely N-dealkylation sites (tertiary alicyclic amines) is 1. The number of aromatic hydroxyl groups is 1. The lowest BCUT2D eigenvalue weighted by molar-refractivity contribution is -0.144. The van der Waals surface area contributed by atoms with E-state index in [1.807, 2.05) is 28.7 Å². The Balaban J connectivity index is 1.32. The monoisotopic (exact) mass is 908 g/mol. The quantitative estimate of drug-likeness (QED) is 0.145. The summed E-state index contributed by atoms with van der Waals surface area (Å²) in [4.78, 5) is 64.2. The molecule has 0 unspecified atom stereocenters. The molecule has 2 aliphatic heterocycles. The second-order valence-electron chi connectivity index (χ2n) is 14.8. The highest BCUT2D eigenvalue weighted by Gasteiger charge is 2.70. The first kappa shape index (κ1) is 38.0. The molecule has 0 spiro atoms. The van der Waals surface area contributed by atoms with Crippen LogP contribution in [0.4, 0.5) is 19.0 Å². The fourth-order valence-corrected chi connectivity index (χ4v) is 10.8. The molecular weight excluding hydrogens is 875 g/mol. The Morgan fingerprint density at radius 1 is 0.982 bits per heavy atom. The van der Waals surface area contributed by atoms with Crippen LogP contribution in [0.1, 0.15) is 67.6 Å². The number of ether oxygens (including phenoxy) is 1. The number of hydrogen-bond acceptors (Lipinski definition) is 8. The SMILES string of the molecule is COc1cc([C@H]2C3=CC[C@@H]4C(=O)N(C5CCCCC5)C(=O)[C@@H]4[C@@H]3C[C@H]3C(=O)N(Nc4ncc(C(F)(F)F)cc4Cl)C(=O)[C@@]23c2ccc(Cl)cc2)cc(I)c1O. The molecule has 4 amide bonds. The lowest BCUT2D eigenvalue weighted by Gasteiger charge is -2.50. The molecule has 3 aliphatic carbocycles. The number of anilines is 1. The number of hydrazine groups is 1. The fraction of sp³-hybridized carbons (Fsp3) is 0.410. The maximum atomic E-state index is 15.4. The Bertz CT molecular complexity index is 2160. The molecule has 3 aromatic rings. The third-order valence-electron chi connectivity index (χ3n) is 12.1. The van der Waals surface area contributed by atoms with Gasteiger partial charge in [-0.25, -0.2) is 4.98 Å². The summed E-state index contributed by atoms with van der Waals surface area (Å²) >= 11 is 14.6. The van der Waals surface area contributed by atoms with Crippen LogP contribution in [0.3, 0.4) is 0 Å². The highest BCUT2D eigenvalue weighted by molar-refractivity contribution is 14.1. The molecule has 5 aliphatic rings. The molecule has 6 atom stereocenters. The van der Waals surface area contributed by atoms with E-state index in [4.69, 9.17) is 27.9 Å². The topological polar surface area (TPSA) is 129 Å². The number of aromatic nitrogens is 1. The zero-order valence-electron chi connectivity index (χ0n) is 29.2. The number of pyridine rings is 1. The highest BCUT2D eigenvalue weighted by Crippen LogP contribution is 2.65. The summed E-state index contributed by atoms with van der Waals surface area (Å²) in [6, 6.07) is 10.3. The number of hydrogen-bond donors (Lipinski definition) is 2. The second-order valence-corrected chi connectivity index (χ2v) is 16.8. The Labute approximate surface area is 337 Å². The van der Waals surface area contributed by atoms with E-state index in [1.54, 1.807) is 36.4 Å². The van der Waals surface area contributed by atoms with Crippen LogP contribution in [0.25, 0.3) is 0 Å². The number of imide groups is 2. The van der Waals surface area contributed by atoms with Crippen LogP contribution >= 0.6 is 45.8 Å². The van der Waals surface area contributed by atoms with Crippen molar-refractivity contribution in [1.82, 2.24) is 14.9 Å². The van der Waals surface area contributed by atoms with Crippen molar-refractivity contribution < 1.29 is 42.2 Å². The highest BCUT2D eigenvalue weighted by atomic mass is 127. The Kier molecular flexibility index (Phi) is 9.63.